The lowest BCUT2D eigenvalue weighted by molar-refractivity contribution is 0.346. The molecule has 2 rings (SSSR count). The van der Waals surface area contributed by atoms with Crippen molar-refractivity contribution in [1.29, 1.82) is 0 Å². The van der Waals surface area contributed by atoms with Crippen molar-refractivity contribution in [2.45, 2.75) is 31.1 Å². The van der Waals surface area contributed by atoms with Gasteiger partial charge in [0.25, 0.3) is 0 Å². The van der Waals surface area contributed by atoms with E-state index in [4.69, 9.17) is 5.73 Å². The van der Waals surface area contributed by atoms with Crippen molar-refractivity contribution >= 4 is 15.7 Å². The maximum Gasteiger partial charge on any atom is 0.243 e. The first-order chi connectivity index (χ1) is 8.43. The fraction of sp³-hybridized carbons (Fsp3) is 0.500. The van der Waals surface area contributed by atoms with Gasteiger partial charge < -0.3 is 5.73 Å². The van der Waals surface area contributed by atoms with Gasteiger partial charge in [0.1, 0.15) is 5.82 Å². The summed E-state index contributed by atoms with van der Waals surface area (Å²) >= 11 is 0. The molecule has 0 aromatic heterocycles. The summed E-state index contributed by atoms with van der Waals surface area (Å²) in [5.41, 5.74) is 6.08. The van der Waals surface area contributed by atoms with Crippen molar-refractivity contribution in [3.05, 3.63) is 23.5 Å². The second kappa shape index (κ2) is 4.85. The number of benzene rings is 1. The van der Waals surface area contributed by atoms with Gasteiger partial charge >= 0.3 is 0 Å². The highest BCUT2D eigenvalue weighted by Gasteiger charge is 2.27. The summed E-state index contributed by atoms with van der Waals surface area (Å²) in [6.07, 6.45) is 2.74. The topological polar surface area (TPSA) is 63.4 Å². The summed E-state index contributed by atoms with van der Waals surface area (Å²) in [6.45, 7) is 2.53. The molecule has 1 aromatic rings. The number of halogens is 1. The van der Waals surface area contributed by atoms with Crippen molar-refractivity contribution in [2.24, 2.45) is 0 Å². The third-order valence-corrected chi connectivity index (χ3v) is 5.19. The lowest BCUT2D eigenvalue weighted by Gasteiger charge is -2.26. The summed E-state index contributed by atoms with van der Waals surface area (Å²) in [5.74, 6) is -0.578. The highest BCUT2D eigenvalue weighted by atomic mass is 32.2. The molecule has 1 aromatic carbocycles. The van der Waals surface area contributed by atoms with Crippen LogP contribution < -0.4 is 5.73 Å². The quantitative estimate of drug-likeness (QED) is 0.836. The normalized spacial score (nSPS) is 17.9. The van der Waals surface area contributed by atoms with Gasteiger partial charge in [0.2, 0.25) is 10.0 Å². The molecule has 1 heterocycles. The van der Waals surface area contributed by atoms with Crippen molar-refractivity contribution in [2.75, 3.05) is 18.8 Å². The zero-order valence-corrected chi connectivity index (χ0v) is 11.1. The second-order valence-electron chi connectivity index (χ2n) is 4.58. The number of nitrogens with two attached hydrogens (primary N) is 1. The molecule has 0 amide bonds. The molecule has 6 heteroatoms. The van der Waals surface area contributed by atoms with Gasteiger partial charge in [0.05, 0.1) is 4.90 Å². The molecule has 0 unspecified atom stereocenters. The summed E-state index contributed by atoms with van der Waals surface area (Å²) < 4.78 is 39.6. The van der Waals surface area contributed by atoms with Crippen LogP contribution in [0.1, 0.15) is 24.8 Å². The average molecular weight is 272 g/mol. The summed E-state index contributed by atoms with van der Waals surface area (Å²) in [5, 5.41) is 0. The first-order valence-corrected chi connectivity index (χ1v) is 7.42. The van der Waals surface area contributed by atoms with Crippen molar-refractivity contribution in [3.8, 4) is 0 Å². The fourth-order valence-electron chi connectivity index (χ4n) is 2.08. The molecule has 0 spiro atoms. The van der Waals surface area contributed by atoms with Gasteiger partial charge in [0, 0.05) is 24.3 Å². The van der Waals surface area contributed by atoms with Gasteiger partial charge in [0.15, 0.2) is 0 Å². The molecule has 1 fully saturated rings. The van der Waals surface area contributed by atoms with Crippen LogP contribution in [0.4, 0.5) is 10.1 Å². The number of nitrogen functional groups attached to an aromatic ring is 1. The third kappa shape index (κ3) is 2.35. The Kier molecular flexibility index (Phi) is 3.59. The van der Waals surface area contributed by atoms with Crippen molar-refractivity contribution in [1.82, 2.24) is 4.31 Å². The number of sulfonamides is 1. The van der Waals surface area contributed by atoms with Gasteiger partial charge in [-0.15, -0.1) is 0 Å². The predicted molar refractivity (Wildman–Crippen MR) is 68.2 cm³/mol. The molecule has 0 radical (unpaired) electrons. The molecular weight excluding hydrogens is 255 g/mol. The van der Waals surface area contributed by atoms with Crippen molar-refractivity contribution < 1.29 is 12.8 Å². The second-order valence-corrected chi connectivity index (χ2v) is 6.52. The molecule has 0 saturated carbocycles. The average Bonchev–Trinajstić information content (AvgIpc) is 2.36. The number of hydrogen-bond donors (Lipinski definition) is 1. The van der Waals surface area contributed by atoms with Crippen LogP contribution in [0.25, 0.3) is 0 Å². The van der Waals surface area contributed by atoms with Gasteiger partial charge in [-0.1, -0.05) is 6.42 Å². The standard InChI is InChI=1S/C12H17FN2O2S/c1-9-11(13)7-10(8-12(9)14)18(16,17)15-5-3-2-4-6-15/h7-8H,2-6,14H2,1H3. The number of rotatable bonds is 2. The molecule has 2 N–H and O–H groups in total. The van der Waals surface area contributed by atoms with E-state index in [-0.39, 0.29) is 16.1 Å². The van der Waals surface area contributed by atoms with E-state index in [1.165, 1.54) is 17.3 Å². The van der Waals surface area contributed by atoms with Crippen LogP contribution in [0, 0.1) is 12.7 Å². The Bertz CT molecular complexity index is 528. The Balaban J connectivity index is 2.41. The van der Waals surface area contributed by atoms with Crippen LogP contribution in [0.5, 0.6) is 0 Å². The van der Waals surface area contributed by atoms with Gasteiger partial charge in [-0.25, -0.2) is 12.8 Å². The Morgan fingerprint density at radius 3 is 2.39 bits per heavy atom. The smallest absolute Gasteiger partial charge is 0.243 e. The Morgan fingerprint density at radius 2 is 1.83 bits per heavy atom. The zero-order valence-electron chi connectivity index (χ0n) is 10.3. The Morgan fingerprint density at radius 1 is 1.22 bits per heavy atom. The molecular formula is C12H17FN2O2S. The highest BCUT2D eigenvalue weighted by molar-refractivity contribution is 7.89. The molecule has 0 atom stereocenters. The minimum absolute atomic E-state index is 0.0509. The SMILES string of the molecule is Cc1c(N)cc(S(=O)(=O)N2CCCCC2)cc1F. The van der Waals surface area contributed by atoms with E-state index in [2.05, 4.69) is 0 Å². The third-order valence-electron chi connectivity index (χ3n) is 3.31. The van der Waals surface area contributed by atoms with Crippen LogP contribution >= 0.6 is 0 Å². The molecule has 1 aliphatic heterocycles. The maximum absolute atomic E-state index is 13.6. The largest absolute Gasteiger partial charge is 0.398 e. The van der Waals surface area contributed by atoms with E-state index < -0.39 is 15.8 Å². The van der Waals surface area contributed by atoms with Crippen LogP contribution in [0.3, 0.4) is 0 Å². The number of piperidine rings is 1. The minimum Gasteiger partial charge on any atom is -0.398 e. The van der Waals surface area contributed by atoms with Gasteiger partial charge in [-0.05, 0) is 31.9 Å². The first kappa shape index (κ1) is 13.3. The van der Waals surface area contributed by atoms with E-state index in [0.29, 0.717) is 13.1 Å². The minimum atomic E-state index is -3.61. The van der Waals surface area contributed by atoms with E-state index in [9.17, 15) is 12.8 Å². The molecule has 18 heavy (non-hydrogen) atoms. The van der Waals surface area contributed by atoms with Crippen LogP contribution in [0.2, 0.25) is 0 Å². The maximum atomic E-state index is 13.6. The predicted octanol–water partition coefficient (Wildman–Crippen LogP) is 1.89. The molecule has 1 saturated heterocycles. The first-order valence-electron chi connectivity index (χ1n) is 5.98. The van der Waals surface area contributed by atoms with Crippen molar-refractivity contribution in [3.63, 3.8) is 0 Å². The van der Waals surface area contributed by atoms with E-state index in [1.807, 2.05) is 0 Å². The van der Waals surface area contributed by atoms with E-state index in [0.717, 1.165) is 25.3 Å². The summed E-state index contributed by atoms with van der Waals surface area (Å²) in [4.78, 5) is -0.0509. The number of hydrogen-bond acceptors (Lipinski definition) is 3. The number of anilines is 1. The van der Waals surface area contributed by atoms with E-state index >= 15 is 0 Å². The Hall–Kier alpha value is -1.14. The summed E-state index contributed by atoms with van der Waals surface area (Å²) in [6, 6.07) is 2.39. The van der Waals surface area contributed by atoms with Crippen LogP contribution in [-0.4, -0.2) is 25.8 Å². The summed E-state index contributed by atoms with van der Waals surface area (Å²) in [7, 11) is -3.61. The monoisotopic (exact) mass is 272 g/mol. The highest BCUT2D eigenvalue weighted by Crippen LogP contribution is 2.25. The Labute approximate surface area is 107 Å². The molecule has 4 nitrogen and oxygen atoms in total. The van der Waals surface area contributed by atoms with Gasteiger partial charge in [-0.2, -0.15) is 4.31 Å². The number of nitrogens with zero attached hydrogens (tertiary/aromatic N) is 1. The van der Waals surface area contributed by atoms with Gasteiger partial charge in [-0.3, -0.25) is 0 Å². The molecule has 0 aliphatic carbocycles. The van der Waals surface area contributed by atoms with Crippen LogP contribution in [-0.2, 0) is 10.0 Å². The fourth-order valence-corrected chi connectivity index (χ4v) is 3.64. The lowest BCUT2D eigenvalue weighted by atomic mass is 10.2. The van der Waals surface area contributed by atoms with Crippen LogP contribution in [0.15, 0.2) is 17.0 Å². The van der Waals surface area contributed by atoms with E-state index in [1.54, 1.807) is 0 Å². The lowest BCUT2D eigenvalue weighted by Crippen LogP contribution is -2.35. The zero-order chi connectivity index (χ0) is 13.3. The molecule has 100 valence electrons. The molecule has 0 bridgehead atoms. The molecule has 1 aliphatic rings.